The van der Waals surface area contributed by atoms with Gasteiger partial charge in [-0.15, -0.1) is 0 Å². The van der Waals surface area contributed by atoms with Gasteiger partial charge in [0.15, 0.2) is 0 Å². The number of nitrogens with zero attached hydrogens (tertiary/aromatic N) is 2. The van der Waals surface area contributed by atoms with E-state index in [4.69, 9.17) is 0 Å². The van der Waals surface area contributed by atoms with Gasteiger partial charge < -0.3 is 4.90 Å². The molecule has 1 amide bonds. The van der Waals surface area contributed by atoms with E-state index in [9.17, 15) is 4.79 Å². The standard InChI is InChI=1S/C12H15N3OS/c1-15-7-4-12(5-8-15)10-9(3-2-6-13-10)17-14-11(12)16/h2-3,6H,4-5,7-8H2,1H3,(H,14,16). The van der Waals surface area contributed by atoms with E-state index < -0.39 is 5.41 Å². The van der Waals surface area contributed by atoms with Gasteiger partial charge in [-0.2, -0.15) is 0 Å². The second-order valence-electron chi connectivity index (χ2n) is 4.77. The van der Waals surface area contributed by atoms with Crippen LogP contribution in [0, 0.1) is 0 Å². The van der Waals surface area contributed by atoms with Gasteiger partial charge in [0.25, 0.3) is 0 Å². The zero-order valence-corrected chi connectivity index (χ0v) is 10.6. The fourth-order valence-electron chi connectivity index (χ4n) is 2.60. The Hall–Kier alpha value is -1.07. The van der Waals surface area contributed by atoms with Gasteiger partial charge in [0.05, 0.1) is 16.0 Å². The van der Waals surface area contributed by atoms with Crippen molar-refractivity contribution in [3.63, 3.8) is 0 Å². The minimum atomic E-state index is -0.394. The quantitative estimate of drug-likeness (QED) is 0.701. The minimum Gasteiger partial charge on any atom is -0.306 e. The van der Waals surface area contributed by atoms with Gasteiger partial charge in [-0.3, -0.25) is 14.5 Å². The summed E-state index contributed by atoms with van der Waals surface area (Å²) in [6.07, 6.45) is 3.51. The fraction of sp³-hybridized carbons (Fsp3) is 0.500. The van der Waals surface area contributed by atoms with Crippen LogP contribution in [0.25, 0.3) is 0 Å². The summed E-state index contributed by atoms with van der Waals surface area (Å²) in [5, 5.41) is 0. The van der Waals surface area contributed by atoms with E-state index in [1.807, 2.05) is 12.1 Å². The monoisotopic (exact) mass is 249 g/mol. The van der Waals surface area contributed by atoms with Crippen LogP contribution in [0.1, 0.15) is 18.5 Å². The van der Waals surface area contributed by atoms with E-state index in [-0.39, 0.29) is 5.91 Å². The molecule has 90 valence electrons. The Morgan fingerprint density at radius 1 is 1.47 bits per heavy atom. The predicted octanol–water partition coefficient (Wildman–Crippen LogP) is 1.18. The normalized spacial score (nSPS) is 23.2. The van der Waals surface area contributed by atoms with Crippen LogP contribution in [0.3, 0.4) is 0 Å². The average molecular weight is 249 g/mol. The van der Waals surface area contributed by atoms with Crippen molar-refractivity contribution in [2.24, 2.45) is 0 Å². The second-order valence-corrected chi connectivity index (χ2v) is 5.62. The smallest absolute Gasteiger partial charge is 0.242 e. The highest BCUT2D eigenvalue weighted by atomic mass is 32.2. The number of likely N-dealkylation sites (tertiary alicyclic amines) is 1. The lowest BCUT2D eigenvalue weighted by molar-refractivity contribution is -0.127. The van der Waals surface area contributed by atoms with Crippen molar-refractivity contribution in [2.45, 2.75) is 23.2 Å². The van der Waals surface area contributed by atoms with E-state index in [0.717, 1.165) is 36.5 Å². The van der Waals surface area contributed by atoms with Crippen molar-refractivity contribution in [2.75, 3.05) is 20.1 Å². The molecule has 0 unspecified atom stereocenters. The van der Waals surface area contributed by atoms with Crippen molar-refractivity contribution in [1.29, 1.82) is 0 Å². The molecule has 1 aromatic heterocycles. The summed E-state index contributed by atoms with van der Waals surface area (Å²) in [6.45, 7) is 1.90. The van der Waals surface area contributed by atoms with Crippen LogP contribution >= 0.6 is 11.9 Å². The summed E-state index contributed by atoms with van der Waals surface area (Å²) in [7, 11) is 2.10. The number of carbonyl (C=O) groups excluding carboxylic acids is 1. The molecule has 5 heteroatoms. The Morgan fingerprint density at radius 3 is 3.00 bits per heavy atom. The molecule has 1 aromatic rings. The fourth-order valence-corrected chi connectivity index (χ4v) is 3.49. The maximum atomic E-state index is 12.3. The van der Waals surface area contributed by atoms with Crippen LogP contribution in [0.4, 0.5) is 0 Å². The number of amides is 1. The van der Waals surface area contributed by atoms with Gasteiger partial charge in [0.1, 0.15) is 0 Å². The molecule has 0 atom stereocenters. The van der Waals surface area contributed by atoms with Gasteiger partial charge in [-0.05, 0) is 57.1 Å². The molecule has 2 aliphatic rings. The third-order valence-corrected chi connectivity index (χ3v) is 4.59. The number of aromatic nitrogens is 1. The van der Waals surface area contributed by atoms with Crippen molar-refractivity contribution in [3.8, 4) is 0 Å². The van der Waals surface area contributed by atoms with Crippen molar-refractivity contribution in [3.05, 3.63) is 24.0 Å². The summed E-state index contributed by atoms with van der Waals surface area (Å²) in [5.41, 5.74) is 0.579. The molecule has 17 heavy (non-hydrogen) atoms. The average Bonchev–Trinajstić information content (AvgIpc) is 2.37. The first-order valence-electron chi connectivity index (χ1n) is 5.84. The molecule has 1 saturated heterocycles. The number of pyridine rings is 1. The summed E-state index contributed by atoms with van der Waals surface area (Å²) in [5.74, 6) is 0.127. The lowest BCUT2D eigenvalue weighted by atomic mass is 9.74. The molecule has 1 fully saturated rings. The summed E-state index contributed by atoms with van der Waals surface area (Å²) >= 11 is 1.39. The largest absolute Gasteiger partial charge is 0.306 e. The molecule has 2 aliphatic heterocycles. The van der Waals surface area contributed by atoms with Crippen molar-refractivity contribution in [1.82, 2.24) is 14.6 Å². The zero-order chi connectivity index (χ0) is 11.9. The molecule has 1 spiro atoms. The predicted molar refractivity (Wildman–Crippen MR) is 66.6 cm³/mol. The lowest BCUT2D eigenvalue weighted by Crippen LogP contribution is -2.52. The Balaban J connectivity index is 2.06. The lowest BCUT2D eigenvalue weighted by Gasteiger charge is -2.41. The molecule has 0 aromatic carbocycles. The molecule has 3 rings (SSSR count). The first-order valence-corrected chi connectivity index (χ1v) is 6.65. The SMILES string of the molecule is CN1CCC2(CC1)C(=O)NSc1cccnc12. The highest BCUT2D eigenvalue weighted by Crippen LogP contribution is 2.42. The van der Waals surface area contributed by atoms with Crippen molar-refractivity contribution >= 4 is 17.9 Å². The Morgan fingerprint density at radius 2 is 2.24 bits per heavy atom. The number of hydrogen-bond donors (Lipinski definition) is 1. The van der Waals surface area contributed by atoms with Gasteiger partial charge in [-0.1, -0.05) is 0 Å². The van der Waals surface area contributed by atoms with E-state index in [1.54, 1.807) is 6.20 Å². The van der Waals surface area contributed by atoms with E-state index in [0.29, 0.717) is 0 Å². The zero-order valence-electron chi connectivity index (χ0n) is 9.77. The maximum absolute atomic E-state index is 12.3. The van der Waals surface area contributed by atoms with Gasteiger partial charge in [0, 0.05) is 6.20 Å². The first-order chi connectivity index (χ1) is 8.22. The minimum absolute atomic E-state index is 0.127. The number of carbonyl (C=O) groups is 1. The molecule has 3 heterocycles. The van der Waals surface area contributed by atoms with Crippen LogP contribution in [0.15, 0.2) is 23.2 Å². The third-order valence-electron chi connectivity index (χ3n) is 3.75. The Bertz CT molecular complexity index is 455. The Labute approximate surface area is 105 Å². The molecule has 0 bridgehead atoms. The number of nitrogens with one attached hydrogen (secondary N) is 1. The number of piperidine rings is 1. The van der Waals surface area contributed by atoms with E-state index >= 15 is 0 Å². The number of rotatable bonds is 0. The molecule has 0 radical (unpaired) electrons. The summed E-state index contributed by atoms with van der Waals surface area (Å²) in [6, 6.07) is 3.96. The molecule has 0 aliphatic carbocycles. The highest BCUT2D eigenvalue weighted by molar-refractivity contribution is 7.98. The molecule has 1 N–H and O–H groups in total. The topological polar surface area (TPSA) is 45.2 Å². The molecule has 4 nitrogen and oxygen atoms in total. The molecule has 0 saturated carbocycles. The van der Waals surface area contributed by atoms with Crippen LogP contribution in [0.2, 0.25) is 0 Å². The maximum Gasteiger partial charge on any atom is 0.242 e. The second kappa shape index (κ2) is 3.99. The van der Waals surface area contributed by atoms with Crippen LogP contribution in [-0.2, 0) is 10.2 Å². The van der Waals surface area contributed by atoms with Crippen LogP contribution in [0.5, 0.6) is 0 Å². The van der Waals surface area contributed by atoms with Crippen LogP contribution in [-0.4, -0.2) is 35.9 Å². The molecular weight excluding hydrogens is 234 g/mol. The Kier molecular flexibility index (Phi) is 2.60. The summed E-state index contributed by atoms with van der Waals surface area (Å²) in [4.78, 5) is 20.1. The molecular formula is C12H15N3OS. The first kappa shape index (κ1) is 11.0. The van der Waals surface area contributed by atoms with Crippen LogP contribution < -0.4 is 4.72 Å². The highest BCUT2D eigenvalue weighted by Gasteiger charge is 2.47. The number of hydrogen-bond acceptors (Lipinski definition) is 4. The van der Waals surface area contributed by atoms with Gasteiger partial charge in [0.2, 0.25) is 5.91 Å². The van der Waals surface area contributed by atoms with E-state index in [2.05, 4.69) is 21.7 Å². The third kappa shape index (κ3) is 1.65. The summed E-state index contributed by atoms with van der Waals surface area (Å²) < 4.78 is 2.93. The van der Waals surface area contributed by atoms with Crippen molar-refractivity contribution < 1.29 is 4.79 Å². The number of fused-ring (bicyclic) bond motifs is 2. The van der Waals surface area contributed by atoms with Gasteiger partial charge >= 0.3 is 0 Å². The van der Waals surface area contributed by atoms with Gasteiger partial charge in [-0.25, -0.2) is 0 Å². The van der Waals surface area contributed by atoms with E-state index in [1.165, 1.54) is 11.9 Å².